The Morgan fingerprint density at radius 2 is 2.04 bits per heavy atom. The molecule has 5 heteroatoms. The Bertz CT molecular complexity index is 751. The van der Waals surface area contributed by atoms with Gasteiger partial charge < -0.3 is 4.90 Å². The summed E-state index contributed by atoms with van der Waals surface area (Å²) >= 11 is 0. The van der Waals surface area contributed by atoms with Gasteiger partial charge in [-0.3, -0.25) is 9.69 Å². The molecule has 1 aromatic carbocycles. The number of carbonyl (C=O) groups is 1. The van der Waals surface area contributed by atoms with Crippen LogP contribution in [0.4, 0.5) is 0 Å². The average Bonchev–Trinajstić information content (AvgIpc) is 3.02. The second-order valence-corrected chi connectivity index (χ2v) is 7.64. The minimum atomic E-state index is 0.318. The standard InChI is InChI=1S/C21H28N4O/c1-17-15-20(25-12-3-9-22-25)8-7-19(17)16-23-10-4-11-24(14-13-23)21(26)18-5-2-6-18/h3,7-9,12,15,18H,2,4-6,10-11,13-14,16H2,1H3. The highest BCUT2D eigenvalue weighted by atomic mass is 16.2. The Hall–Kier alpha value is -2.14. The topological polar surface area (TPSA) is 41.4 Å². The Balaban J connectivity index is 1.37. The predicted octanol–water partition coefficient (Wildman–Crippen LogP) is 3.02. The van der Waals surface area contributed by atoms with Crippen molar-refractivity contribution >= 4 is 5.91 Å². The van der Waals surface area contributed by atoms with Crippen molar-refractivity contribution in [2.75, 3.05) is 26.2 Å². The molecule has 138 valence electrons. The lowest BCUT2D eigenvalue weighted by Gasteiger charge is -2.31. The molecule has 0 spiro atoms. The third-order valence-corrected chi connectivity index (χ3v) is 5.84. The largest absolute Gasteiger partial charge is 0.341 e. The molecule has 1 saturated carbocycles. The minimum absolute atomic E-state index is 0.318. The van der Waals surface area contributed by atoms with Crippen molar-refractivity contribution in [3.63, 3.8) is 0 Å². The van der Waals surface area contributed by atoms with Crippen LogP contribution in [0.25, 0.3) is 5.69 Å². The molecule has 5 nitrogen and oxygen atoms in total. The quantitative estimate of drug-likeness (QED) is 0.849. The van der Waals surface area contributed by atoms with Crippen molar-refractivity contribution in [3.8, 4) is 5.69 Å². The summed E-state index contributed by atoms with van der Waals surface area (Å²) in [5, 5.41) is 4.30. The number of hydrogen-bond donors (Lipinski definition) is 0. The Labute approximate surface area is 155 Å². The fourth-order valence-corrected chi connectivity index (χ4v) is 3.93. The van der Waals surface area contributed by atoms with Gasteiger partial charge in [-0.15, -0.1) is 0 Å². The molecule has 1 amide bonds. The van der Waals surface area contributed by atoms with Crippen LogP contribution < -0.4 is 0 Å². The van der Waals surface area contributed by atoms with Crippen molar-refractivity contribution in [1.82, 2.24) is 19.6 Å². The molecule has 0 bridgehead atoms. The zero-order valence-corrected chi connectivity index (χ0v) is 15.6. The average molecular weight is 352 g/mol. The fourth-order valence-electron chi connectivity index (χ4n) is 3.93. The van der Waals surface area contributed by atoms with Gasteiger partial charge in [-0.2, -0.15) is 5.10 Å². The van der Waals surface area contributed by atoms with Gasteiger partial charge in [-0.25, -0.2) is 4.68 Å². The van der Waals surface area contributed by atoms with E-state index in [4.69, 9.17) is 0 Å². The van der Waals surface area contributed by atoms with E-state index in [0.717, 1.165) is 57.7 Å². The third kappa shape index (κ3) is 3.68. The molecular weight excluding hydrogens is 324 g/mol. The number of hydrogen-bond acceptors (Lipinski definition) is 3. The minimum Gasteiger partial charge on any atom is -0.341 e. The predicted molar refractivity (Wildman–Crippen MR) is 102 cm³/mol. The lowest BCUT2D eigenvalue weighted by Crippen LogP contribution is -2.41. The maximum absolute atomic E-state index is 12.5. The number of benzene rings is 1. The molecule has 2 fully saturated rings. The smallest absolute Gasteiger partial charge is 0.225 e. The molecule has 0 atom stereocenters. The molecule has 0 unspecified atom stereocenters. The molecule has 0 radical (unpaired) electrons. The number of nitrogens with zero attached hydrogens (tertiary/aromatic N) is 4. The normalized spacial score (nSPS) is 19.2. The van der Waals surface area contributed by atoms with Crippen LogP contribution in [0.5, 0.6) is 0 Å². The van der Waals surface area contributed by atoms with Gasteiger partial charge in [0.25, 0.3) is 0 Å². The summed E-state index contributed by atoms with van der Waals surface area (Å²) in [4.78, 5) is 17.1. The highest BCUT2D eigenvalue weighted by Crippen LogP contribution is 2.28. The zero-order valence-electron chi connectivity index (χ0n) is 15.6. The molecule has 1 aliphatic heterocycles. The summed E-state index contributed by atoms with van der Waals surface area (Å²) in [6.07, 6.45) is 8.27. The second kappa shape index (κ2) is 7.62. The van der Waals surface area contributed by atoms with Gasteiger partial charge in [0.15, 0.2) is 0 Å². The van der Waals surface area contributed by atoms with E-state index in [1.165, 1.54) is 17.5 Å². The molecule has 1 aliphatic carbocycles. The Kier molecular flexibility index (Phi) is 5.07. The van der Waals surface area contributed by atoms with Crippen LogP contribution in [0.1, 0.15) is 36.8 Å². The van der Waals surface area contributed by atoms with Gasteiger partial charge >= 0.3 is 0 Å². The number of amides is 1. The summed E-state index contributed by atoms with van der Waals surface area (Å²) < 4.78 is 1.90. The van der Waals surface area contributed by atoms with Gasteiger partial charge in [-0.1, -0.05) is 12.5 Å². The maximum Gasteiger partial charge on any atom is 0.225 e. The van der Waals surface area contributed by atoms with E-state index in [-0.39, 0.29) is 0 Å². The van der Waals surface area contributed by atoms with E-state index in [1.807, 2.05) is 16.9 Å². The summed E-state index contributed by atoms with van der Waals surface area (Å²) in [6.45, 7) is 6.96. The van der Waals surface area contributed by atoms with Crippen LogP contribution in [0, 0.1) is 12.8 Å². The molecular formula is C21H28N4O. The molecule has 2 heterocycles. The van der Waals surface area contributed by atoms with E-state index in [2.05, 4.69) is 40.0 Å². The number of carbonyl (C=O) groups excluding carboxylic acids is 1. The van der Waals surface area contributed by atoms with E-state index in [9.17, 15) is 4.79 Å². The number of aryl methyl sites for hydroxylation is 1. The maximum atomic E-state index is 12.5. The molecule has 26 heavy (non-hydrogen) atoms. The van der Waals surface area contributed by atoms with Crippen molar-refractivity contribution in [3.05, 3.63) is 47.8 Å². The monoisotopic (exact) mass is 352 g/mol. The van der Waals surface area contributed by atoms with Crippen molar-refractivity contribution < 1.29 is 4.79 Å². The van der Waals surface area contributed by atoms with Crippen LogP contribution in [0.2, 0.25) is 0 Å². The number of aromatic nitrogens is 2. The van der Waals surface area contributed by atoms with Crippen molar-refractivity contribution in [2.24, 2.45) is 5.92 Å². The Morgan fingerprint density at radius 3 is 2.73 bits per heavy atom. The van der Waals surface area contributed by atoms with Gasteiger partial charge in [0.05, 0.1) is 5.69 Å². The second-order valence-electron chi connectivity index (χ2n) is 7.64. The van der Waals surface area contributed by atoms with E-state index >= 15 is 0 Å². The third-order valence-electron chi connectivity index (χ3n) is 5.84. The van der Waals surface area contributed by atoms with Gasteiger partial charge in [-0.05, 0) is 55.5 Å². The van der Waals surface area contributed by atoms with E-state index in [1.54, 1.807) is 6.20 Å². The summed E-state index contributed by atoms with van der Waals surface area (Å²) in [7, 11) is 0. The van der Waals surface area contributed by atoms with Crippen molar-refractivity contribution in [2.45, 2.75) is 39.2 Å². The van der Waals surface area contributed by atoms with Crippen molar-refractivity contribution in [1.29, 1.82) is 0 Å². The van der Waals surface area contributed by atoms with Crippen LogP contribution in [0.3, 0.4) is 0 Å². The summed E-state index contributed by atoms with van der Waals surface area (Å²) in [6, 6.07) is 8.50. The lowest BCUT2D eigenvalue weighted by atomic mass is 9.84. The summed E-state index contributed by atoms with van der Waals surface area (Å²) in [5.41, 5.74) is 3.76. The first-order chi connectivity index (χ1) is 12.7. The SMILES string of the molecule is Cc1cc(-n2cccn2)ccc1CN1CCCN(C(=O)C2CCC2)CC1. The van der Waals surface area contributed by atoms with E-state index < -0.39 is 0 Å². The molecule has 2 aliphatic rings. The van der Waals surface area contributed by atoms with Crippen LogP contribution in [-0.2, 0) is 11.3 Å². The Morgan fingerprint density at radius 1 is 1.15 bits per heavy atom. The summed E-state index contributed by atoms with van der Waals surface area (Å²) in [5.74, 6) is 0.719. The van der Waals surface area contributed by atoms with Crippen LogP contribution in [0.15, 0.2) is 36.7 Å². The first-order valence-corrected chi connectivity index (χ1v) is 9.81. The number of rotatable bonds is 4. The van der Waals surface area contributed by atoms with Crippen LogP contribution >= 0.6 is 0 Å². The van der Waals surface area contributed by atoms with Crippen LogP contribution in [-0.4, -0.2) is 51.7 Å². The van der Waals surface area contributed by atoms with Gasteiger partial charge in [0, 0.05) is 51.0 Å². The molecule has 2 aromatic rings. The first kappa shape index (κ1) is 17.3. The van der Waals surface area contributed by atoms with E-state index in [0.29, 0.717) is 11.8 Å². The molecule has 4 rings (SSSR count). The molecule has 0 N–H and O–H groups in total. The van der Waals surface area contributed by atoms with Gasteiger partial charge in [0.2, 0.25) is 5.91 Å². The molecule has 1 aromatic heterocycles. The highest BCUT2D eigenvalue weighted by Gasteiger charge is 2.30. The highest BCUT2D eigenvalue weighted by molar-refractivity contribution is 5.79. The molecule has 1 saturated heterocycles. The first-order valence-electron chi connectivity index (χ1n) is 9.81. The zero-order chi connectivity index (χ0) is 17.9. The fraction of sp³-hybridized carbons (Fsp3) is 0.524. The lowest BCUT2D eigenvalue weighted by molar-refractivity contribution is -0.138. The van der Waals surface area contributed by atoms with Gasteiger partial charge in [0.1, 0.15) is 0 Å².